The molecular weight excluding hydrogens is 222 g/mol. The minimum atomic E-state index is -0.712. The Kier molecular flexibility index (Phi) is 2.61. The van der Waals surface area contributed by atoms with E-state index in [4.69, 9.17) is 5.73 Å². The number of H-pyrrole nitrogens is 2. The number of benzene rings is 1. The van der Waals surface area contributed by atoms with Crippen molar-refractivity contribution in [2.75, 3.05) is 5.73 Å². The summed E-state index contributed by atoms with van der Waals surface area (Å²) in [4.78, 5) is 38.2. The quantitative estimate of drug-likeness (QED) is 0.494. The highest BCUT2D eigenvalue weighted by atomic mass is 16.2. The van der Waals surface area contributed by atoms with Crippen LogP contribution in [0.15, 0.2) is 39.9 Å². The van der Waals surface area contributed by atoms with Crippen LogP contribution < -0.4 is 17.0 Å². The predicted molar refractivity (Wildman–Crippen MR) is 62.0 cm³/mol. The second-order valence-electron chi connectivity index (χ2n) is 3.45. The monoisotopic (exact) mass is 231 g/mol. The topological polar surface area (TPSA) is 109 Å². The summed E-state index contributed by atoms with van der Waals surface area (Å²) in [6.07, 6.45) is 0. The molecule has 0 fully saturated rings. The van der Waals surface area contributed by atoms with Gasteiger partial charge in [-0.05, 0) is 24.3 Å². The Morgan fingerprint density at radius 3 is 2.29 bits per heavy atom. The van der Waals surface area contributed by atoms with E-state index < -0.39 is 17.0 Å². The van der Waals surface area contributed by atoms with Gasteiger partial charge in [-0.1, -0.05) is 0 Å². The summed E-state index contributed by atoms with van der Waals surface area (Å²) < 4.78 is 0. The molecule has 0 atom stereocenters. The number of anilines is 1. The zero-order valence-electron chi connectivity index (χ0n) is 8.69. The molecule has 0 radical (unpaired) electrons. The molecule has 2 aromatic rings. The highest BCUT2D eigenvalue weighted by Crippen LogP contribution is 2.08. The van der Waals surface area contributed by atoms with Crippen LogP contribution in [0.4, 0.5) is 5.69 Å². The van der Waals surface area contributed by atoms with Crippen LogP contribution in [0.1, 0.15) is 16.1 Å². The standard InChI is InChI=1S/C11H9N3O3/c12-7-3-1-6(2-4-7)10(16)8-5-9(15)14-11(17)13-8/h1-5H,12H2,(H2,13,14,15,17). The van der Waals surface area contributed by atoms with Crippen molar-refractivity contribution in [3.05, 3.63) is 62.4 Å². The van der Waals surface area contributed by atoms with Gasteiger partial charge in [0.05, 0.1) is 5.69 Å². The van der Waals surface area contributed by atoms with Crippen LogP contribution in [0, 0.1) is 0 Å². The second kappa shape index (κ2) is 4.09. The van der Waals surface area contributed by atoms with E-state index in [0.29, 0.717) is 11.3 Å². The van der Waals surface area contributed by atoms with Crippen molar-refractivity contribution < 1.29 is 4.79 Å². The Balaban J connectivity index is 2.47. The van der Waals surface area contributed by atoms with Gasteiger partial charge in [-0.15, -0.1) is 0 Å². The van der Waals surface area contributed by atoms with E-state index in [1.54, 1.807) is 12.1 Å². The van der Waals surface area contributed by atoms with Crippen molar-refractivity contribution >= 4 is 11.5 Å². The smallest absolute Gasteiger partial charge is 0.326 e. The van der Waals surface area contributed by atoms with Crippen molar-refractivity contribution in [2.45, 2.75) is 0 Å². The molecule has 2 rings (SSSR count). The van der Waals surface area contributed by atoms with E-state index >= 15 is 0 Å². The first kappa shape index (κ1) is 10.9. The predicted octanol–water partition coefficient (Wildman–Crippen LogP) is -0.124. The van der Waals surface area contributed by atoms with E-state index in [1.165, 1.54) is 12.1 Å². The SMILES string of the molecule is Nc1ccc(C(=O)c2cc(=O)[nH]c(=O)[nH]2)cc1. The first-order chi connectivity index (χ1) is 8.06. The van der Waals surface area contributed by atoms with Crippen LogP contribution in [0.25, 0.3) is 0 Å². The third-order valence-corrected chi connectivity index (χ3v) is 2.18. The van der Waals surface area contributed by atoms with E-state index in [0.717, 1.165) is 6.07 Å². The Bertz CT molecular complexity index is 639. The van der Waals surface area contributed by atoms with Gasteiger partial charge in [0.2, 0.25) is 5.78 Å². The van der Waals surface area contributed by atoms with Crippen LogP contribution in [-0.2, 0) is 0 Å². The molecule has 0 aliphatic rings. The lowest BCUT2D eigenvalue weighted by atomic mass is 10.1. The zero-order chi connectivity index (χ0) is 12.4. The fourth-order valence-electron chi connectivity index (χ4n) is 1.38. The first-order valence-electron chi connectivity index (χ1n) is 4.80. The number of nitrogens with one attached hydrogen (secondary N) is 2. The summed E-state index contributed by atoms with van der Waals surface area (Å²) in [5.41, 5.74) is 4.98. The lowest BCUT2D eigenvalue weighted by molar-refractivity contribution is 0.103. The maximum atomic E-state index is 11.9. The number of rotatable bonds is 2. The summed E-state index contributed by atoms with van der Waals surface area (Å²) in [6.45, 7) is 0. The van der Waals surface area contributed by atoms with E-state index in [1.807, 2.05) is 4.98 Å². The number of hydrogen-bond acceptors (Lipinski definition) is 4. The van der Waals surface area contributed by atoms with Gasteiger partial charge in [0.25, 0.3) is 5.56 Å². The van der Waals surface area contributed by atoms with Gasteiger partial charge >= 0.3 is 5.69 Å². The molecule has 6 nitrogen and oxygen atoms in total. The van der Waals surface area contributed by atoms with Crippen molar-refractivity contribution in [3.8, 4) is 0 Å². The van der Waals surface area contributed by atoms with Crippen molar-refractivity contribution in [3.63, 3.8) is 0 Å². The Morgan fingerprint density at radius 1 is 1.06 bits per heavy atom. The number of carbonyl (C=O) groups is 1. The second-order valence-corrected chi connectivity index (χ2v) is 3.45. The number of aromatic amines is 2. The van der Waals surface area contributed by atoms with Crippen LogP contribution in [-0.4, -0.2) is 15.8 Å². The number of nitrogens with two attached hydrogens (primary N) is 1. The minimum Gasteiger partial charge on any atom is -0.399 e. The van der Waals surface area contributed by atoms with Crippen molar-refractivity contribution in [1.82, 2.24) is 9.97 Å². The average molecular weight is 231 g/mol. The molecule has 1 aromatic heterocycles. The molecule has 1 heterocycles. The molecule has 0 saturated carbocycles. The van der Waals surface area contributed by atoms with Gasteiger partial charge in [0, 0.05) is 17.3 Å². The molecule has 1 aromatic carbocycles. The number of hydrogen-bond donors (Lipinski definition) is 3. The third-order valence-electron chi connectivity index (χ3n) is 2.18. The van der Waals surface area contributed by atoms with Gasteiger partial charge in [0.1, 0.15) is 0 Å². The van der Waals surface area contributed by atoms with E-state index in [2.05, 4.69) is 4.98 Å². The fraction of sp³-hybridized carbons (Fsp3) is 0. The highest BCUT2D eigenvalue weighted by Gasteiger charge is 2.10. The molecule has 4 N–H and O–H groups in total. The molecule has 0 amide bonds. The number of aromatic nitrogens is 2. The summed E-state index contributed by atoms with van der Waals surface area (Å²) >= 11 is 0. The van der Waals surface area contributed by atoms with Gasteiger partial charge < -0.3 is 10.7 Å². The van der Waals surface area contributed by atoms with Crippen LogP contribution in [0.3, 0.4) is 0 Å². The van der Waals surface area contributed by atoms with Crippen molar-refractivity contribution in [1.29, 1.82) is 0 Å². The van der Waals surface area contributed by atoms with E-state index in [-0.39, 0.29) is 5.69 Å². The minimum absolute atomic E-state index is 0.0523. The Labute approximate surface area is 95.1 Å². The fourth-order valence-corrected chi connectivity index (χ4v) is 1.38. The molecule has 86 valence electrons. The largest absolute Gasteiger partial charge is 0.399 e. The third kappa shape index (κ3) is 2.31. The number of nitrogen functional groups attached to an aromatic ring is 1. The molecule has 6 heteroatoms. The zero-order valence-corrected chi connectivity index (χ0v) is 8.69. The van der Waals surface area contributed by atoms with Gasteiger partial charge in [-0.3, -0.25) is 14.6 Å². The number of carbonyl (C=O) groups excluding carboxylic acids is 1. The molecule has 0 bridgehead atoms. The molecule has 0 spiro atoms. The lowest BCUT2D eigenvalue weighted by Crippen LogP contribution is -2.25. The number of ketones is 1. The highest BCUT2D eigenvalue weighted by molar-refractivity contribution is 6.07. The van der Waals surface area contributed by atoms with Crippen molar-refractivity contribution in [2.24, 2.45) is 0 Å². The summed E-state index contributed by atoms with van der Waals surface area (Å²) in [6, 6.07) is 7.23. The molecular formula is C11H9N3O3. The summed E-state index contributed by atoms with van der Waals surface area (Å²) in [5, 5.41) is 0. The Hall–Kier alpha value is -2.63. The molecule has 0 aliphatic carbocycles. The normalized spacial score (nSPS) is 10.1. The molecule has 0 aliphatic heterocycles. The van der Waals surface area contributed by atoms with Crippen LogP contribution >= 0.6 is 0 Å². The van der Waals surface area contributed by atoms with Gasteiger partial charge in [-0.2, -0.15) is 0 Å². The lowest BCUT2D eigenvalue weighted by Gasteiger charge is -2.00. The first-order valence-corrected chi connectivity index (χ1v) is 4.80. The molecule has 0 unspecified atom stereocenters. The summed E-state index contributed by atoms with van der Waals surface area (Å²) in [7, 11) is 0. The average Bonchev–Trinajstić information content (AvgIpc) is 2.28. The summed E-state index contributed by atoms with van der Waals surface area (Å²) in [5.74, 6) is -0.437. The maximum Gasteiger partial charge on any atom is 0.326 e. The molecule has 17 heavy (non-hydrogen) atoms. The van der Waals surface area contributed by atoms with Gasteiger partial charge in [-0.25, -0.2) is 4.79 Å². The van der Waals surface area contributed by atoms with E-state index in [9.17, 15) is 14.4 Å². The van der Waals surface area contributed by atoms with Gasteiger partial charge in [0.15, 0.2) is 0 Å². The van der Waals surface area contributed by atoms with Crippen LogP contribution in [0.5, 0.6) is 0 Å². The Morgan fingerprint density at radius 2 is 1.71 bits per heavy atom. The molecule has 0 saturated heterocycles. The van der Waals surface area contributed by atoms with Crippen LogP contribution in [0.2, 0.25) is 0 Å². The maximum absolute atomic E-state index is 11.9.